The van der Waals surface area contributed by atoms with Gasteiger partial charge in [-0.2, -0.15) is 0 Å². The molecular weight excluding hydrogens is 152 g/mol. The summed E-state index contributed by atoms with van der Waals surface area (Å²) in [4.78, 5) is 0. The highest BCUT2D eigenvalue weighted by Gasteiger charge is 2.27. The summed E-state index contributed by atoms with van der Waals surface area (Å²) in [7, 11) is 0. The lowest BCUT2D eigenvalue weighted by Gasteiger charge is -2.23. The van der Waals surface area contributed by atoms with Gasteiger partial charge in [0.1, 0.15) is 0 Å². The fraction of sp³-hybridized carbons (Fsp3) is 0.800. The lowest BCUT2D eigenvalue weighted by atomic mass is 9.95. The first-order valence-corrected chi connectivity index (χ1v) is 4.47. The monoisotopic (exact) mass is 170 g/mol. The summed E-state index contributed by atoms with van der Waals surface area (Å²) < 4.78 is 0. The highest BCUT2D eigenvalue weighted by Crippen LogP contribution is 2.13. The number of hydrogen-bond donors (Lipinski definition) is 2. The summed E-state index contributed by atoms with van der Waals surface area (Å²) >= 11 is 0. The molecule has 2 nitrogen and oxygen atoms in total. The van der Waals surface area contributed by atoms with Gasteiger partial charge in [-0.3, -0.25) is 0 Å². The van der Waals surface area contributed by atoms with Crippen LogP contribution in [0.2, 0.25) is 0 Å². The number of aliphatic hydroxyl groups excluding tert-OH is 1. The minimum absolute atomic E-state index is 0.460. The molecule has 0 spiro atoms. The molecule has 0 aliphatic heterocycles. The van der Waals surface area contributed by atoms with E-state index in [4.69, 9.17) is 0 Å². The quantitative estimate of drug-likeness (QED) is 0.627. The Labute approximate surface area is 74.6 Å². The number of hydrogen-bond acceptors (Lipinski definition) is 2. The predicted molar refractivity (Wildman–Crippen MR) is 49.6 cm³/mol. The smallest absolute Gasteiger partial charge is 0.150 e. The molecule has 0 aliphatic rings. The lowest BCUT2D eigenvalue weighted by molar-refractivity contribution is -0.0240. The summed E-state index contributed by atoms with van der Waals surface area (Å²) in [6.07, 6.45) is 1.43. The average Bonchev–Trinajstić information content (AvgIpc) is 2.04. The molecule has 2 heteroatoms. The van der Waals surface area contributed by atoms with E-state index >= 15 is 0 Å². The van der Waals surface area contributed by atoms with Crippen LogP contribution in [0.15, 0.2) is 0 Å². The van der Waals surface area contributed by atoms with Gasteiger partial charge in [0.2, 0.25) is 0 Å². The Kier molecular flexibility index (Phi) is 4.96. The molecule has 0 radical (unpaired) electrons. The zero-order chi connectivity index (χ0) is 9.61. The molecular formula is C10H18O2. The Morgan fingerprint density at radius 1 is 1.42 bits per heavy atom. The van der Waals surface area contributed by atoms with E-state index in [0.29, 0.717) is 6.42 Å². The van der Waals surface area contributed by atoms with E-state index in [2.05, 4.69) is 11.8 Å². The first kappa shape index (κ1) is 11.5. The lowest BCUT2D eigenvalue weighted by Crippen LogP contribution is -2.38. The van der Waals surface area contributed by atoms with Crippen molar-refractivity contribution < 1.29 is 10.2 Å². The minimum Gasteiger partial charge on any atom is -0.389 e. The zero-order valence-electron chi connectivity index (χ0n) is 8.09. The third-order valence-corrected chi connectivity index (χ3v) is 1.91. The van der Waals surface area contributed by atoms with Crippen molar-refractivity contribution in [1.29, 1.82) is 0 Å². The molecule has 0 saturated carbocycles. The van der Waals surface area contributed by atoms with Gasteiger partial charge in [-0.15, -0.1) is 5.92 Å². The van der Waals surface area contributed by atoms with Crippen molar-refractivity contribution in [2.45, 2.75) is 51.7 Å². The maximum absolute atomic E-state index is 9.70. The van der Waals surface area contributed by atoms with Crippen LogP contribution in [0.3, 0.4) is 0 Å². The topological polar surface area (TPSA) is 40.5 Å². The molecule has 0 rings (SSSR count). The molecule has 2 unspecified atom stereocenters. The summed E-state index contributed by atoms with van der Waals surface area (Å²) in [5.74, 6) is 5.55. The van der Waals surface area contributed by atoms with Gasteiger partial charge >= 0.3 is 0 Å². The number of aliphatic hydroxyl groups is 2. The molecule has 2 N–H and O–H groups in total. The van der Waals surface area contributed by atoms with Crippen LogP contribution < -0.4 is 0 Å². The summed E-state index contributed by atoms with van der Waals surface area (Å²) in [5.41, 5.74) is -1.21. The van der Waals surface area contributed by atoms with Crippen molar-refractivity contribution in [2.24, 2.45) is 0 Å². The highest BCUT2D eigenvalue weighted by molar-refractivity contribution is 5.15. The molecule has 70 valence electrons. The Balaban J connectivity index is 4.26. The van der Waals surface area contributed by atoms with E-state index in [1.165, 1.54) is 0 Å². The van der Waals surface area contributed by atoms with Crippen molar-refractivity contribution in [3.63, 3.8) is 0 Å². The summed E-state index contributed by atoms with van der Waals surface area (Å²) in [6, 6.07) is 0. The minimum atomic E-state index is -1.21. The van der Waals surface area contributed by atoms with Crippen molar-refractivity contribution in [3.05, 3.63) is 0 Å². The Morgan fingerprint density at radius 2 is 2.00 bits per heavy atom. The third kappa shape index (κ3) is 3.25. The van der Waals surface area contributed by atoms with Gasteiger partial charge in [0.05, 0.1) is 6.10 Å². The molecule has 0 aromatic rings. The fourth-order valence-corrected chi connectivity index (χ4v) is 0.829. The highest BCUT2D eigenvalue weighted by atomic mass is 16.3. The molecule has 0 aliphatic carbocycles. The number of unbranched alkanes of at least 4 members (excludes halogenated alkanes) is 1. The Bertz CT molecular complexity index is 176. The predicted octanol–water partition coefficient (Wildman–Crippen LogP) is 1.31. The SMILES string of the molecule is CCCC#CC(O)(CC)C(C)O. The first-order valence-electron chi connectivity index (χ1n) is 4.47. The molecule has 0 fully saturated rings. The number of rotatable bonds is 3. The van der Waals surface area contributed by atoms with Crippen LogP contribution in [0.5, 0.6) is 0 Å². The zero-order valence-corrected chi connectivity index (χ0v) is 8.09. The van der Waals surface area contributed by atoms with Crippen LogP contribution in [-0.4, -0.2) is 21.9 Å². The fourth-order valence-electron chi connectivity index (χ4n) is 0.829. The maximum atomic E-state index is 9.70. The van der Waals surface area contributed by atoms with E-state index in [9.17, 15) is 10.2 Å². The van der Waals surface area contributed by atoms with Crippen LogP contribution in [0.1, 0.15) is 40.0 Å². The van der Waals surface area contributed by atoms with Crippen molar-refractivity contribution in [2.75, 3.05) is 0 Å². The first-order chi connectivity index (χ1) is 5.56. The van der Waals surface area contributed by atoms with Crippen molar-refractivity contribution >= 4 is 0 Å². The van der Waals surface area contributed by atoms with Gasteiger partial charge in [0.25, 0.3) is 0 Å². The van der Waals surface area contributed by atoms with Gasteiger partial charge in [-0.05, 0) is 19.8 Å². The summed E-state index contributed by atoms with van der Waals surface area (Å²) in [6.45, 7) is 5.40. The second kappa shape index (κ2) is 5.18. The van der Waals surface area contributed by atoms with Crippen molar-refractivity contribution in [1.82, 2.24) is 0 Å². The normalized spacial score (nSPS) is 17.4. The van der Waals surface area contributed by atoms with Gasteiger partial charge in [-0.1, -0.05) is 19.8 Å². The molecule has 0 saturated heterocycles. The van der Waals surface area contributed by atoms with Crippen LogP contribution in [0, 0.1) is 11.8 Å². The molecule has 0 aromatic heterocycles. The van der Waals surface area contributed by atoms with Crippen LogP contribution in [0.25, 0.3) is 0 Å². The van der Waals surface area contributed by atoms with Gasteiger partial charge in [0, 0.05) is 6.42 Å². The second-order valence-corrected chi connectivity index (χ2v) is 3.01. The third-order valence-electron chi connectivity index (χ3n) is 1.91. The molecule has 0 heterocycles. The molecule has 12 heavy (non-hydrogen) atoms. The van der Waals surface area contributed by atoms with E-state index in [0.717, 1.165) is 12.8 Å². The Hall–Kier alpha value is -0.520. The second-order valence-electron chi connectivity index (χ2n) is 3.01. The Morgan fingerprint density at radius 3 is 2.33 bits per heavy atom. The van der Waals surface area contributed by atoms with E-state index in [-0.39, 0.29) is 0 Å². The van der Waals surface area contributed by atoms with Gasteiger partial charge in [0.15, 0.2) is 5.60 Å². The maximum Gasteiger partial charge on any atom is 0.150 e. The van der Waals surface area contributed by atoms with Crippen LogP contribution in [0.4, 0.5) is 0 Å². The molecule has 0 aromatic carbocycles. The average molecular weight is 170 g/mol. The van der Waals surface area contributed by atoms with E-state index in [1.54, 1.807) is 6.92 Å². The van der Waals surface area contributed by atoms with Crippen molar-refractivity contribution in [3.8, 4) is 11.8 Å². The standard InChI is InChI=1S/C10H18O2/c1-4-6-7-8-10(12,5-2)9(3)11/h9,11-12H,4-6H2,1-3H3. The van der Waals surface area contributed by atoms with E-state index < -0.39 is 11.7 Å². The van der Waals surface area contributed by atoms with Gasteiger partial charge in [-0.25, -0.2) is 0 Å². The van der Waals surface area contributed by atoms with E-state index in [1.807, 2.05) is 13.8 Å². The van der Waals surface area contributed by atoms with Crippen LogP contribution in [-0.2, 0) is 0 Å². The largest absolute Gasteiger partial charge is 0.389 e. The molecule has 0 amide bonds. The molecule has 0 bridgehead atoms. The van der Waals surface area contributed by atoms with Crippen LogP contribution >= 0.6 is 0 Å². The molecule has 2 atom stereocenters. The summed E-state index contributed by atoms with van der Waals surface area (Å²) in [5, 5.41) is 18.9. The van der Waals surface area contributed by atoms with Gasteiger partial charge < -0.3 is 10.2 Å².